The summed E-state index contributed by atoms with van der Waals surface area (Å²) in [6.45, 7) is 6.13. The number of aryl methyl sites for hydroxylation is 1. The van der Waals surface area contributed by atoms with Gasteiger partial charge in [-0.2, -0.15) is 0 Å². The van der Waals surface area contributed by atoms with Gasteiger partial charge in [0.05, 0.1) is 10.3 Å². The molecule has 6 heteroatoms. The lowest BCUT2D eigenvalue weighted by Crippen LogP contribution is -2.38. The second-order valence-corrected chi connectivity index (χ2v) is 9.52. The van der Waals surface area contributed by atoms with E-state index in [0.717, 1.165) is 51.9 Å². The summed E-state index contributed by atoms with van der Waals surface area (Å²) in [7, 11) is 0. The Morgan fingerprint density at radius 1 is 1.18 bits per heavy atom. The first-order chi connectivity index (χ1) is 13.6. The SMILES string of the molecule is Cc1c(C(=O)NCCC2CCCCC2)sc2ncnc(N3CCCCC3C)c12. The molecule has 1 unspecified atom stereocenters. The number of hydrogen-bond acceptors (Lipinski definition) is 5. The molecule has 5 nitrogen and oxygen atoms in total. The first kappa shape index (κ1) is 19.6. The van der Waals surface area contributed by atoms with E-state index in [9.17, 15) is 4.79 Å². The summed E-state index contributed by atoms with van der Waals surface area (Å²) < 4.78 is 0. The summed E-state index contributed by atoms with van der Waals surface area (Å²) in [4.78, 5) is 26.1. The van der Waals surface area contributed by atoms with E-state index in [-0.39, 0.29) is 5.91 Å². The number of amides is 1. The average molecular weight is 401 g/mol. The predicted molar refractivity (Wildman–Crippen MR) is 116 cm³/mol. The minimum Gasteiger partial charge on any atom is -0.353 e. The van der Waals surface area contributed by atoms with Gasteiger partial charge in [0.1, 0.15) is 17.0 Å². The van der Waals surface area contributed by atoms with Crippen molar-refractivity contribution in [3.05, 3.63) is 16.8 Å². The summed E-state index contributed by atoms with van der Waals surface area (Å²) >= 11 is 1.51. The van der Waals surface area contributed by atoms with Crippen LogP contribution in [0.2, 0.25) is 0 Å². The molecule has 4 rings (SSSR count). The highest BCUT2D eigenvalue weighted by Crippen LogP contribution is 2.37. The number of piperidine rings is 1. The largest absolute Gasteiger partial charge is 0.353 e. The number of nitrogens with zero attached hydrogens (tertiary/aromatic N) is 3. The van der Waals surface area contributed by atoms with E-state index in [1.165, 1.54) is 62.7 Å². The van der Waals surface area contributed by atoms with Gasteiger partial charge in [-0.3, -0.25) is 4.79 Å². The van der Waals surface area contributed by atoms with Crippen LogP contribution in [-0.2, 0) is 0 Å². The van der Waals surface area contributed by atoms with Crippen molar-refractivity contribution in [3.8, 4) is 0 Å². The van der Waals surface area contributed by atoms with Crippen LogP contribution in [0.15, 0.2) is 6.33 Å². The van der Waals surface area contributed by atoms with Crippen LogP contribution in [0.1, 0.15) is 79.9 Å². The zero-order chi connectivity index (χ0) is 19.5. The number of fused-ring (bicyclic) bond motifs is 1. The normalized spacial score (nSPS) is 21.2. The fourth-order valence-electron chi connectivity index (χ4n) is 4.85. The standard InChI is InChI=1S/C22H32N4OS/c1-15-8-6-7-13-26(15)20-18-16(2)19(28-22(18)25-14-24-20)21(27)23-12-11-17-9-4-3-5-10-17/h14-15,17H,3-13H2,1-2H3,(H,23,27). The Kier molecular flexibility index (Phi) is 6.14. The molecule has 1 saturated carbocycles. The molecule has 2 aromatic rings. The van der Waals surface area contributed by atoms with E-state index in [0.29, 0.717) is 6.04 Å². The molecule has 1 atom stereocenters. The molecule has 1 N–H and O–H groups in total. The molecule has 1 aliphatic carbocycles. The van der Waals surface area contributed by atoms with Crippen molar-refractivity contribution in [2.75, 3.05) is 18.0 Å². The minimum absolute atomic E-state index is 0.0500. The quantitative estimate of drug-likeness (QED) is 0.760. The van der Waals surface area contributed by atoms with Gasteiger partial charge in [-0.15, -0.1) is 11.3 Å². The molecule has 1 aliphatic heterocycles. The van der Waals surface area contributed by atoms with Crippen molar-refractivity contribution < 1.29 is 4.79 Å². The minimum atomic E-state index is 0.0500. The van der Waals surface area contributed by atoms with Crippen LogP contribution < -0.4 is 10.2 Å². The van der Waals surface area contributed by atoms with Gasteiger partial charge < -0.3 is 10.2 Å². The van der Waals surface area contributed by atoms with Gasteiger partial charge in [-0.05, 0) is 51.0 Å². The first-order valence-corrected chi connectivity index (χ1v) is 11.8. The summed E-state index contributed by atoms with van der Waals surface area (Å²) in [6.07, 6.45) is 13.2. The predicted octanol–water partition coefficient (Wildman–Crippen LogP) is 5.08. The lowest BCUT2D eigenvalue weighted by atomic mass is 9.87. The topological polar surface area (TPSA) is 58.1 Å². The maximum atomic E-state index is 12.9. The van der Waals surface area contributed by atoms with E-state index in [1.807, 2.05) is 0 Å². The van der Waals surface area contributed by atoms with E-state index in [1.54, 1.807) is 6.33 Å². The Morgan fingerprint density at radius 2 is 1.96 bits per heavy atom. The Labute approximate surface area is 171 Å². The van der Waals surface area contributed by atoms with Crippen molar-refractivity contribution >= 4 is 33.3 Å². The molecule has 1 amide bonds. The Hall–Kier alpha value is -1.69. The number of rotatable bonds is 5. The van der Waals surface area contributed by atoms with Gasteiger partial charge in [0.15, 0.2) is 0 Å². The number of thiophene rings is 1. The molecule has 1 saturated heterocycles. The Bertz CT molecular complexity index is 827. The molecule has 2 fully saturated rings. The monoisotopic (exact) mass is 400 g/mol. The highest BCUT2D eigenvalue weighted by molar-refractivity contribution is 7.20. The Balaban J connectivity index is 1.50. The van der Waals surface area contributed by atoms with Crippen molar-refractivity contribution in [1.29, 1.82) is 0 Å². The Morgan fingerprint density at radius 3 is 2.75 bits per heavy atom. The van der Waals surface area contributed by atoms with Gasteiger partial charge in [0.25, 0.3) is 5.91 Å². The lowest BCUT2D eigenvalue weighted by Gasteiger charge is -2.34. The van der Waals surface area contributed by atoms with Crippen LogP contribution in [0.5, 0.6) is 0 Å². The van der Waals surface area contributed by atoms with Gasteiger partial charge in [-0.25, -0.2) is 9.97 Å². The summed E-state index contributed by atoms with van der Waals surface area (Å²) in [6, 6.07) is 0.485. The van der Waals surface area contributed by atoms with Crippen LogP contribution in [-0.4, -0.2) is 35.0 Å². The first-order valence-electron chi connectivity index (χ1n) is 10.9. The summed E-state index contributed by atoms with van der Waals surface area (Å²) in [5.41, 5.74) is 1.03. The van der Waals surface area contributed by atoms with E-state index in [2.05, 4.69) is 34.0 Å². The van der Waals surface area contributed by atoms with Crippen molar-refractivity contribution in [2.24, 2.45) is 5.92 Å². The highest BCUT2D eigenvalue weighted by atomic mass is 32.1. The second kappa shape index (κ2) is 8.76. The maximum absolute atomic E-state index is 12.9. The fraction of sp³-hybridized carbons (Fsp3) is 0.682. The van der Waals surface area contributed by atoms with Gasteiger partial charge in [-0.1, -0.05) is 32.1 Å². The molecule has 0 bridgehead atoms. The molecular formula is C22H32N4OS. The second-order valence-electron chi connectivity index (χ2n) is 8.52. The molecule has 0 radical (unpaired) electrons. The molecular weight excluding hydrogens is 368 g/mol. The van der Waals surface area contributed by atoms with Gasteiger partial charge in [0, 0.05) is 19.1 Å². The van der Waals surface area contributed by atoms with Crippen LogP contribution in [0, 0.1) is 12.8 Å². The van der Waals surface area contributed by atoms with E-state index in [4.69, 9.17) is 0 Å². The molecule has 2 aromatic heterocycles. The lowest BCUT2D eigenvalue weighted by molar-refractivity contribution is 0.0954. The zero-order valence-electron chi connectivity index (χ0n) is 17.2. The number of carbonyl (C=O) groups is 1. The smallest absolute Gasteiger partial charge is 0.261 e. The van der Waals surface area contributed by atoms with Crippen LogP contribution >= 0.6 is 11.3 Å². The average Bonchev–Trinajstić information content (AvgIpc) is 3.06. The third-order valence-corrected chi connectivity index (χ3v) is 7.75. The van der Waals surface area contributed by atoms with Crippen LogP contribution in [0.25, 0.3) is 10.2 Å². The highest BCUT2D eigenvalue weighted by Gasteiger charge is 2.25. The van der Waals surface area contributed by atoms with Gasteiger partial charge >= 0.3 is 0 Å². The van der Waals surface area contributed by atoms with Crippen molar-refractivity contribution in [2.45, 2.75) is 77.7 Å². The molecule has 28 heavy (non-hydrogen) atoms. The van der Waals surface area contributed by atoms with Crippen LogP contribution in [0.4, 0.5) is 5.82 Å². The van der Waals surface area contributed by atoms with Crippen molar-refractivity contribution in [3.63, 3.8) is 0 Å². The van der Waals surface area contributed by atoms with Crippen molar-refractivity contribution in [1.82, 2.24) is 15.3 Å². The maximum Gasteiger partial charge on any atom is 0.261 e. The number of aromatic nitrogens is 2. The van der Waals surface area contributed by atoms with Gasteiger partial charge in [0.2, 0.25) is 0 Å². The number of hydrogen-bond donors (Lipinski definition) is 1. The zero-order valence-corrected chi connectivity index (χ0v) is 18.0. The van der Waals surface area contributed by atoms with E-state index >= 15 is 0 Å². The van der Waals surface area contributed by atoms with Crippen LogP contribution in [0.3, 0.4) is 0 Å². The fourth-order valence-corrected chi connectivity index (χ4v) is 5.91. The molecule has 3 heterocycles. The molecule has 2 aliphatic rings. The summed E-state index contributed by atoms with van der Waals surface area (Å²) in [5, 5.41) is 4.23. The third kappa shape index (κ3) is 4.02. The molecule has 152 valence electrons. The summed E-state index contributed by atoms with van der Waals surface area (Å²) in [5.74, 6) is 1.84. The number of nitrogens with one attached hydrogen (secondary N) is 1. The number of carbonyl (C=O) groups excluding carboxylic acids is 1. The number of anilines is 1. The molecule has 0 spiro atoms. The third-order valence-electron chi connectivity index (χ3n) is 6.55. The molecule has 0 aromatic carbocycles. The van der Waals surface area contributed by atoms with E-state index < -0.39 is 0 Å².